The maximum Gasteiger partial charge on any atom is 0.293 e. The zero-order valence-corrected chi connectivity index (χ0v) is 11.5. The average molecular weight is 345 g/mol. The lowest BCUT2D eigenvalue weighted by molar-refractivity contribution is -0.384. The molecule has 17 heavy (non-hydrogen) atoms. The van der Waals surface area contributed by atoms with Gasteiger partial charge in [-0.1, -0.05) is 0 Å². The Kier molecular flexibility index (Phi) is 5.15. The lowest BCUT2D eigenvalue weighted by atomic mass is 10.2. The van der Waals surface area contributed by atoms with Crippen LogP contribution in [-0.2, 0) is 0 Å². The van der Waals surface area contributed by atoms with Gasteiger partial charge in [0.15, 0.2) is 0 Å². The summed E-state index contributed by atoms with van der Waals surface area (Å²) in [5.74, 6) is 0. The minimum atomic E-state index is -0.382. The molecule has 0 bridgehead atoms. The molecule has 0 saturated heterocycles. The lowest BCUT2D eigenvalue weighted by Crippen LogP contribution is -2.24. The van der Waals surface area contributed by atoms with Crippen LogP contribution < -0.4 is 4.90 Å². The SMILES string of the molecule is CCN(CCC#N)c1ccc(I)cc1[N+](=O)[O-]. The van der Waals surface area contributed by atoms with Crippen molar-refractivity contribution >= 4 is 34.0 Å². The largest absolute Gasteiger partial charge is 0.365 e. The third-order valence-electron chi connectivity index (χ3n) is 2.35. The molecule has 0 unspecified atom stereocenters. The second-order valence-electron chi connectivity index (χ2n) is 3.38. The minimum absolute atomic E-state index is 0.0942. The molecule has 6 heteroatoms. The van der Waals surface area contributed by atoms with Crippen molar-refractivity contribution in [1.82, 2.24) is 0 Å². The molecule has 0 aliphatic heterocycles. The number of nitro benzene ring substituents is 1. The highest BCUT2D eigenvalue weighted by Gasteiger charge is 2.18. The highest BCUT2D eigenvalue weighted by Crippen LogP contribution is 2.29. The third kappa shape index (κ3) is 3.56. The first-order valence-corrected chi connectivity index (χ1v) is 6.23. The predicted octanol–water partition coefficient (Wildman–Crippen LogP) is 2.94. The van der Waals surface area contributed by atoms with Crippen LogP contribution in [0.3, 0.4) is 0 Å². The monoisotopic (exact) mass is 345 g/mol. The molecule has 0 aliphatic carbocycles. The molecular formula is C11H12IN3O2. The number of nitro groups is 1. The topological polar surface area (TPSA) is 70.2 Å². The molecule has 0 fully saturated rings. The van der Waals surface area contributed by atoms with E-state index in [9.17, 15) is 10.1 Å². The van der Waals surface area contributed by atoms with Crippen LogP contribution in [0.1, 0.15) is 13.3 Å². The summed E-state index contributed by atoms with van der Waals surface area (Å²) in [4.78, 5) is 12.4. The van der Waals surface area contributed by atoms with Gasteiger partial charge in [-0.15, -0.1) is 0 Å². The van der Waals surface area contributed by atoms with E-state index in [0.717, 1.165) is 3.57 Å². The fraction of sp³-hybridized carbons (Fsp3) is 0.364. The molecule has 5 nitrogen and oxygen atoms in total. The molecule has 0 N–H and O–H groups in total. The Morgan fingerprint density at radius 1 is 1.59 bits per heavy atom. The molecule has 0 aromatic heterocycles. The average Bonchev–Trinajstić information content (AvgIpc) is 2.31. The van der Waals surface area contributed by atoms with Gasteiger partial charge in [-0.25, -0.2) is 0 Å². The third-order valence-corrected chi connectivity index (χ3v) is 3.02. The van der Waals surface area contributed by atoms with Gasteiger partial charge in [-0.05, 0) is 41.6 Å². The molecular weight excluding hydrogens is 333 g/mol. The Labute approximate surface area is 113 Å². The van der Waals surface area contributed by atoms with Gasteiger partial charge >= 0.3 is 0 Å². The molecule has 0 atom stereocenters. The van der Waals surface area contributed by atoms with Crippen LogP contribution in [0.4, 0.5) is 11.4 Å². The Balaban J connectivity index is 3.10. The summed E-state index contributed by atoms with van der Waals surface area (Å²) in [6, 6.07) is 7.16. The number of anilines is 1. The van der Waals surface area contributed by atoms with E-state index in [1.807, 2.05) is 46.6 Å². The molecule has 0 amide bonds. The Morgan fingerprint density at radius 3 is 2.82 bits per heavy atom. The molecule has 90 valence electrons. The number of rotatable bonds is 5. The Morgan fingerprint density at radius 2 is 2.29 bits per heavy atom. The first-order chi connectivity index (χ1) is 8.10. The van der Waals surface area contributed by atoms with Gasteiger partial charge in [0.05, 0.1) is 17.4 Å². The number of nitriles is 1. The molecule has 0 aliphatic rings. The fourth-order valence-corrected chi connectivity index (χ4v) is 2.02. The quantitative estimate of drug-likeness (QED) is 0.467. The minimum Gasteiger partial charge on any atom is -0.365 e. The number of hydrogen-bond donors (Lipinski definition) is 0. The Bertz CT molecular complexity index is 457. The summed E-state index contributed by atoms with van der Waals surface area (Å²) in [6.45, 7) is 3.07. The first-order valence-electron chi connectivity index (χ1n) is 5.16. The van der Waals surface area contributed by atoms with Gasteiger partial charge < -0.3 is 4.90 Å². The summed E-state index contributed by atoms with van der Waals surface area (Å²) >= 11 is 2.04. The van der Waals surface area contributed by atoms with Gasteiger partial charge in [-0.2, -0.15) is 5.26 Å². The summed E-state index contributed by atoms with van der Waals surface area (Å²) in [6.07, 6.45) is 0.358. The number of benzene rings is 1. The van der Waals surface area contributed by atoms with Crippen molar-refractivity contribution in [1.29, 1.82) is 5.26 Å². The van der Waals surface area contributed by atoms with Crippen molar-refractivity contribution in [2.24, 2.45) is 0 Å². The van der Waals surface area contributed by atoms with Crippen molar-refractivity contribution in [3.8, 4) is 6.07 Å². The molecule has 0 saturated carbocycles. The van der Waals surface area contributed by atoms with Crippen LogP contribution in [0.5, 0.6) is 0 Å². The normalized spacial score (nSPS) is 9.71. The first kappa shape index (κ1) is 13.7. The number of halogens is 1. The molecule has 0 heterocycles. The van der Waals surface area contributed by atoms with Crippen LogP contribution in [-0.4, -0.2) is 18.0 Å². The standard InChI is InChI=1S/C11H12IN3O2/c1-2-14(7-3-6-13)10-5-4-9(12)8-11(10)15(16)17/h4-5,8H,2-3,7H2,1H3. The van der Waals surface area contributed by atoms with Crippen LogP contribution in [0.15, 0.2) is 18.2 Å². The Hall–Kier alpha value is -1.36. The lowest BCUT2D eigenvalue weighted by Gasteiger charge is -2.21. The predicted molar refractivity (Wildman–Crippen MR) is 73.9 cm³/mol. The van der Waals surface area contributed by atoms with Crippen LogP contribution in [0, 0.1) is 25.0 Å². The van der Waals surface area contributed by atoms with Gasteiger partial charge in [0.2, 0.25) is 0 Å². The summed E-state index contributed by atoms with van der Waals surface area (Å²) in [5.41, 5.74) is 0.671. The smallest absolute Gasteiger partial charge is 0.293 e. The van der Waals surface area contributed by atoms with Gasteiger partial charge in [-0.3, -0.25) is 10.1 Å². The summed E-state index contributed by atoms with van der Waals surface area (Å²) < 4.78 is 0.828. The van der Waals surface area contributed by atoms with E-state index >= 15 is 0 Å². The second-order valence-corrected chi connectivity index (χ2v) is 4.62. The van der Waals surface area contributed by atoms with E-state index in [0.29, 0.717) is 25.2 Å². The van der Waals surface area contributed by atoms with Crippen molar-refractivity contribution in [3.63, 3.8) is 0 Å². The van der Waals surface area contributed by atoms with Crippen molar-refractivity contribution in [2.45, 2.75) is 13.3 Å². The van der Waals surface area contributed by atoms with E-state index in [4.69, 9.17) is 5.26 Å². The van der Waals surface area contributed by atoms with Gasteiger partial charge in [0.25, 0.3) is 5.69 Å². The van der Waals surface area contributed by atoms with Crippen molar-refractivity contribution in [3.05, 3.63) is 31.9 Å². The van der Waals surface area contributed by atoms with E-state index < -0.39 is 0 Å². The zero-order chi connectivity index (χ0) is 12.8. The fourth-order valence-electron chi connectivity index (χ4n) is 1.54. The summed E-state index contributed by atoms with van der Waals surface area (Å²) in [7, 11) is 0. The highest BCUT2D eigenvalue weighted by atomic mass is 127. The van der Waals surface area contributed by atoms with Crippen molar-refractivity contribution in [2.75, 3.05) is 18.0 Å². The molecule has 0 spiro atoms. The molecule has 1 rings (SSSR count). The molecule has 1 aromatic rings. The van der Waals surface area contributed by atoms with E-state index in [2.05, 4.69) is 0 Å². The van der Waals surface area contributed by atoms with E-state index in [1.54, 1.807) is 12.1 Å². The number of nitrogens with zero attached hydrogens (tertiary/aromatic N) is 3. The van der Waals surface area contributed by atoms with Crippen LogP contribution in [0.25, 0.3) is 0 Å². The molecule has 1 aromatic carbocycles. The maximum atomic E-state index is 11.0. The maximum absolute atomic E-state index is 11.0. The number of hydrogen-bond acceptors (Lipinski definition) is 4. The van der Waals surface area contributed by atoms with Gasteiger partial charge in [0.1, 0.15) is 5.69 Å². The van der Waals surface area contributed by atoms with Crippen LogP contribution in [0.2, 0.25) is 0 Å². The zero-order valence-electron chi connectivity index (χ0n) is 9.39. The van der Waals surface area contributed by atoms with Crippen molar-refractivity contribution < 1.29 is 4.92 Å². The van der Waals surface area contributed by atoms with Crippen LogP contribution >= 0.6 is 22.6 Å². The van der Waals surface area contributed by atoms with E-state index in [1.165, 1.54) is 0 Å². The molecule has 0 radical (unpaired) electrons. The van der Waals surface area contributed by atoms with E-state index in [-0.39, 0.29) is 10.6 Å². The summed E-state index contributed by atoms with van der Waals surface area (Å²) in [5, 5.41) is 19.5. The second kappa shape index (κ2) is 6.39. The van der Waals surface area contributed by atoms with Gasteiger partial charge in [0, 0.05) is 22.7 Å². The highest BCUT2D eigenvalue weighted by molar-refractivity contribution is 14.1.